The van der Waals surface area contributed by atoms with Crippen LogP contribution in [0.15, 0.2) is 6.07 Å². The van der Waals surface area contributed by atoms with E-state index in [1.807, 2.05) is 0 Å². The number of nitrogens with one attached hydrogen (secondary N) is 2. The molecule has 6 N–H and O–H groups in total. The lowest BCUT2D eigenvalue weighted by molar-refractivity contribution is 0.435. The number of nitrogens with two attached hydrogens (primary N) is 2. The van der Waals surface area contributed by atoms with Crippen LogP contribution in [0.2, 0.25) is 0 Å². The predicted molar refractivity (Wildman–Crippen MR) is 69.2 cm³/mol. The van der Waals surface area contributed by atoms with Crippen molar-refractivity contribution in [1.82, 2.24) is 9.97 Å². The summed E-state index contributed by atoms with van der Waals surface area (Å²) in [6.07, 6.45) is 2.42. The zero-order chi connectivity index (χ0) is 12.4. The van der Waals surface area contributed by atoms with Gasteiger partial charge in [-0.25, -0.2) is 5.84 Å². The van der Waals surface area contributed by atoms with Crippen LogP contribution in [0.25, 0.3) is 0 Å². The molecule has 1 heterocycles. The number of nitrogen functional groups attached to an aromatic ring is 2. The molecule has 0 amide bonds. The maximum absolute atomic E-state index is 5.61. The van der Waals surface area contributed by atoms with E-state index in [1.54, 1.807) is 6.07 Å². The maximum atomic E-state index is 5.61. The van der Waals surface area contributed by atoms with Gasteiger partial charge in [0.2, 0.25) is 5.95 Å². The van der Waals surface area contributed by atoms with Crippen molar-refractivity contribution < 1.29 is 0 Å². The molecule has 0 bridgehead atoms. The van der Waals surface area contributed by atoms with Crippen molar-refractivity contribution in [2.45, 2.75) is 32.7 Å². The number of nitrogens with zero attached hydrogens (tertiary/aromatic N) is 2. The molecule has 1 aliphatic carbocycles. The van der Waals surface area contributed by atoms with Gasteiger partial charge < -0.3 is 16.5 Å². The second-order valence-corrected chi connectivity index (χ2v) is 4.81. The molecular formula is C11H20N6. The van der Waals surface area contributed by atoms with Crippen LogP contribution >= 0.6 is 0 Å². The van der Waals surface area contributed by atoms with Gasteiger partial charge in [-0.2, -0.15) is 9.97 Å². The molecule has 1 aromatic heterocycles. The smallest absolute Gasteiger partial charge is 0.223 e. The Morgan fingerprint density at radius 1 is 1.24 bits per heavy atom. The molecule has 1 fully saturated rings. The van der Waals surface area contributed by atoms with Crippen molar-refractivity contribution in [2.24, 2.45) is 17.7 Å². The summed E-state index contributed by atoms with van der Waals surface area (Å²) >= 11 is 0. The molecule has 0 saturated heterocycles. The third-order valence-electron chi connectivity index (χ3n) is 3.69. The molecule has 0 spiro atoms. The monoisotopic (exact) mass is 236 g/mol. The minimum atomic E-state index is 0.224. The molecule has 0 radical (unpaired) electrons. The summed E-state index contributed by atoms with van der Waals surface area (Å²) in [5.41, 5.74) is 8.10. The van der Waals surface area contributed by atoms with Gasteiger partial charge in [-0.3, -0.25) is 0 Å². The Bertz CT molecular complexity index is 394. The number of hydrogen-bond acceptors (Lipinski definition) is 6. The summed E-state index contributed by atoms with van der Waals surface area (Å²) < 4.78 is 0. The Hall–Kier alpha value is -1.56. The van der Waals surface area contributed by atoms with Crippen molar-refractivity contribution in [1.29, 1.82) is 0 Å². The zero-order valence-corrected chi connectivity index (χ0v) is 10.3. The fourth-order valence-electron chi connectivity index (χ4n) is 2.37. The molecule has 94 valence electrons. The molecule has 1 aliphatic rings. The largest absolute Gasteiger partial charge is 0.368 e. The molecule has 6 heteroatoms. The Balaban J connectivity index is 2.10. The van der Waals surface area contributed by atoms with E-state index in [2.05, 4.69) is 34.6 Å². The molecule has 3 atom stereocenters. The Morgan fingerprint density at radius 3 is 2.53 bits per heavy atom. The molecule has 17 heavy (non-hydrogen) atoms. The van der Waals surface area contributed by atoms with Gasteiger partial charge in [-0.1, -0.05) is 13.8 Å². The first-order valence-electron chi connectivity index (χ1n) is 5.98. The van der Waals surface area contributed by atoms with Gasteiger partial charge in [0.15, 0.2) is 0 Å². The van der Waals surface area contributed by atoms with Crippen LogP contribution in [-0.4, -0.2) is 16.0 Å². The minimum absolute atomic E-state index is 0.224. The van der Waals surface area contributed by atoms with E-state index in [1.165, 1.54) is 6.42 Å². The Labute approximate surface area is 101 Å². The highest BCUT2D eigenvalue weighted by Gasteiger charge is 2.29. The summed E-state index contributed by atoms with van der Waals surface area (Å²) in [7, 11) is 0. The molecule has 0 aromatic carbocycles. The van der Waals surface area contributed by atoms with E-state index in [0.29, 0.717) is 17.8 Å². The van der Waals surface area contributed by atoms with Gasteiger partial charge in [-0.05, 0) is 24.7 Å². The number of hydrogen-bond donors (Lipinski definition) is 4. The lowest BCUT2D eigenvalue weighted by atomic mass is 9.98. The van der Waals surface area contributed by atoms with Crippen LogP contribution in [0.5, 0.6) is 0 Å². The highest BCUT2D eigenvalue weighted by molar-refractivity contribution is 5.50. The second kappa shape index (κ2) is 4.75. The van der Waals surface area contributed by atoms with Gasteiger partial charge in [0.25, 0.3) is 0 Å². The number of hydrazine groups is 1. The average Bonchev–Trinajstić information content (AvgIpc) is 2.60. The van der Waals surface area contributed by atoms with E-state index in [9.17, 15) is 0 Å². The predicted octanol–water partition coefficient (Wildman–Crippen LogP) is 1.19. The first kappa shape index (κ1) is 11.9. The quantitative estimate of drug-likeness (QED) is 0.464. The van der Waals surface area contributed by atoms with Crippen LogP contribution < -0.4 is 22.3 Å². The maximum Gasteiger partial charge on any atom is 0.223 e. The van der Waals surface area contributed by atoms with E-state index in [4.69, 9.17) is 11.6 Å². The fraction of sp³-hybridized carbons (Fsp3) is 0.636. The molecule has 2 rings (SSSR count). The molecule has 1 aromatic rings. The number of rotatable bonds is 3. The molecule has 6 nitrogen and oxygen atoms in total. The normalized spacial score (nSPS) is 28.1. The van der Waals surface area contributed by atoms with Crippen molar-refractivity contribution in [3.05, 3.63) is 6.07 Å². The Kier molecular flexibility index (Phi) is 3.33. The molecule has 0 aliphatic heterocycles. The molecule has 1 saturated carbocycles. The SMILES string of the molecule is CC1CCC(Nc2cc(NN)nc(N)n2)C1C. The zero-order valence-electron chi connectivity index (χ0n) is 10.3. The molecule has 3 unspecified atom stereocenters. The third-order valence-corrected chi connectivity index (χ3v) is 3.69. The highest BCUT2D eigenvalue weighted by atomic mass is 15.3. The van der Waals surface area contributed by atoms with E-state index < -0.39 is 0 Å². The van der Waals surface area contributed by atoms with Crippen molar-refractivity contribution in [3.63, 3.8) is 0 Å². The van der Waals surface area contributed by atoms with E-state index in [-0.39, 0.29) is 5.95 Å². The number of anilines is 3. The number of aromatic nitrogens is 2. The van der Waals surface area contributed by atoms with Gasteiger partial charge >= 0.3 is 0 Å². The van der Waals surface area contributed by atoms with Gasteiger partial charge in [0.05, 0.1) is 0 Å². The van der Waals surface area contributed by atoms with Crippen LogP contribution in [0.1, 0.15) is 26.7 Å². The minimum Gasteiger partial charge on any atom is -0.368 e. The summed E-state index contributed by atoms with van der Waals surface area (Å²) in [6.45, 7) is 4.55. The van der Waals surface area contributed by atoms with Crippen LogP contribution in [0.3, 0.4) is 0 Å². The first-order chi connectivity index (χ1) is 8.10. The average molecular weight is 236 g/mol. The van der Waals surface area contributed by atoms with Gasteiger partial charge in [-0.15, -0.1) is 0 Å². The summed E-state index contributed by atoms with van der Waals surface area (Å²) in [5.74, 6) is 8.19. The first-order valence-corrected chi connectivity index (χ1v) is 5.98. The summed E-state index contributed by atoms with van der Waals surface area (Å²) in [5, 5.41) is 3.41. The van der Waals surface area contributed by atoms with Gasteiger partial charge in [0.1, 0.15) is 11.6 Å². The van der Waals surface area contributed by atoms with Crippen molar-refractivity contribution in [2.75, 3.05) is 16.5 Å². The summed E-state index contributed by atoms with van der Waals surface area (Å²) in [4.78, 5) is 8.12. The van der Waals surface area contributed by atoms with E-state index in [0.717, 1.165) is 18.2 Å². The van der Waals surface area contributed by atoms with Crippen LogP contribution in [0.4, 0.5) is 17.6 Å². The van der Waals surface area contributed by atoms with E-state index >= 15 is 0 Å². The topological polar surface area (TPSA) is 102 Å². The molecular weight excluding hydrogens is 216 g/mol. The van der Waals surface area contributed by atoms with Crippen molar-refractivity contribution in [3.8, 4) is 0 Å². The summed E-state index contributed by atoms with van der Waals surface area (Å²) in [6, 6.07) is 2.22. The highest BCUT2D eigenvalue weighted by Crippen LogP contribution is 2.33. The standard InChI is InChI=1S/C11H20N6/c1-6-3-4-8(7(6)2)14-9-5-10(17-13)16-11(12)15-9/h5-8H,3-4,13H2,1-2H3,(H4,12,14,15,16,17). The second-order valence-electron chi connectivity index (χ2n) is 4.81. The van der Waals surface area contributed by atoms with Crippen molar-refractivity contribution >= 4 is 17.6 Å². The van der Waals surface area contributed by atoms with Crippen LogP contribution in [0, 0.1) is 11.8 Å². The van der Waals surface area contributed by atoms with Crippen LogP contribution in [-0.2, 0) is 0 Å². The fourth-order valence-corrected chi connectivity index (χ4v) is 2.37. The third kappa shape index (κ3) is 2.58. The lowest BCUT2D eigenvalue weighted by Gasteiger charge is -2.20. The van der Waals surface area contributed by atoms with Gasteiger partial charge in [0, 0.05) is 12.1 Å². The Morgan fingerprint density at radius 2 is 1.94 bits per heavy atom. The lowest BCUT2D eigenvalue weighted by Crippen LogP contribution is -2.25.